The fourth-order valence-corrected chi connectivity index (χ4v) is 6.37. The van der Waals surface area contributed by atoms with Gasteiger partial charge in [0.25, 0.3) is 5.91 Å². The van der Waals surface area contributed by atoms with Gasteiger partial charge in [-0.1, -0.05) is 17.8 Å². The van der Waals surface area contributed by atoms with Gasteiger partial charge in [-0.25, -0.2) is 13.4 Å². The lowest BCUT2D eigenvalue weighted by Crippen LogP contribution is -2.41. The number of nitrogens with zero attached hydrogens (tertiary/aromatic N) is 2. The molecule has 2 amide bonds. The molecule has 3 aromatic rings. The van der Waals surface area contributed by atoms with Crippen molar-refractivity contribution in [3.63, 3.8) is 0 Å². The summed E-state index contributed by atoms with van der Waals surface area (Å²) in [6.07, 6.45) is 2.75. The normalized spacial score (nSPS) is 17.2. The minimum Gasteiger partial charge on any atom is -0.326 e. The van der Waals surface area contributed by atoms with Crippen LogP contribution >= 0.6 is 11.3 Å². The van der Waals surface area contributed by atoms with Gasteiger partial charge in [0.1, 0.15) is 0 Å². The summed E-state index contributed by atoms with van der Waals surface area (Å²) in [5, 5.41) is 5.89. The summed E-state index contributed by atoms with van der Waals surface area (Å²) in [5.41, 5.74) is 1.71. The van der Waals surface area contributed by atoms with Crippen LogP contribution in [0.5, 0.6) is 0 Å². The summed E-state index contributed by atoms with van der Waals surface area (Å²) < 4.78 is 28.3. The zero-order chi connectivity index (χ0) is 22.9. The van der Waals surface area contributed by atoms with E-state index in [1.165, 1.54) is 42.5 Å². The molecule has 1 aliphatic heterocycles. The first-order valence-electron chi connectivity index (χ1n) is 10.4. The van der Waals surface area contributed by atoms with Gasteiger partial charge in [0.05, 0.1) is 15.1 Å². The van der Waals surface area contributed by atoms with E-state index in [1.807, 2.05) is 6.92 Å². The molecule has 1 unspecified atom stereocenters. The number of carbonyl (C=O) groups is 2. The minimum atomic E-state index is -3.58. The Morgan fingerprint density at radius 2 is 1.84 bits per heavy atom. The number of fused-ring (bicyclic) bond motifs is 1. The Morgan fingerprint density at radius 1 is 1.09 bits per heavy atom. The fraction of sp³-hybridized carbons (Fsp3) is 0.318. The second-order valence-electron chi connectivity index (χ2n) is 7.82. The molecular formula is C22H24N4O4S2. The Balaban J connectivity index is 1.48. The number of nitrogens with one attached hydrogen (secondary N) is 2. The van der Waals surface area contributed by atoms with Crippen LogP contribution in [-0.4, -0.2) is 42.1 Å². The molecule has 0 radical (unpaired) electrons. The first-order valence-corrected chi connectivity index (χ1v) is 12.6. The number of carbonyl (C=O) groups excluding carboxylic acids is 2. The number of thiazole rings is 1. The molecule has 1 aliphatic rings. The predicted molar refractivity (Wildman–Crippen MR) is 126 cm³/mol. The van der Waals surface area contributed by atoms with Crippen molar-refractivity contribution < 1.29 is 18.0 Å². The SMILES string of the molecule is CC(=O)Nc1ccc2nc(NC(=O)c3ccc(S(=O)(=O)N4CCCCC4C)cc3)sc2c1. The maximum absolute atomic E-state index is 13.0. The van der Waals surface area contributed by atoms with Crippen LogP contribution in [0.3, 0.4) is 0 Å². The van der Waals surface area contributed by atoms with Gasteiger partial charge in [0.2, 0.25) is 15.9 Å². The largest absolute Gasteiger partial charge is 0.326 e. The predicted octanol–water partition coefficient (Wildman–Crippen LogP) is 4.07. The molecule has 0 spiro atoms. The molecule has 4 rings (SSSR count). The van der Waals surface area contributed by atoms with E-state index >= 15 is 0 Å². The van der Waals surface area contributed by atoms with Gasteiger partial charge in [0, 0.05) is 30.8 Å². The van der Waals surface area contributed by atoms with E-state index in [9.17, 15) is 18.0 Å². The number of piperidine rings is 1. The molecule has 10 heteroatoms. The highest BCUT2D eigenvalue weighted by atomic mass is 32.2. The minimum absolute atomic E-state index is 0.0260. The standard InChI is InChI=1S/C22H24N4O4S2/c1-14-5-3-4-12-26(14)32(29,30)18-9-6-16(7-10-18)21(28)25-22-24-19-11-8-17(23-15(2)27)13-20(19)31-22/h6-11,13-14H,3-5,12H2,1-2H3,(H,23,27)(H,24,25,28). The van der Waals surface area contributed by atoms with Gasteiger partial charge in [0.15, 0.2) is 5.13 Å². The number of anilines is 2. The molecule has 0 bridgehead atoms. The third-order valence-electron chi connectivity index (χ3n) is 5.39. The molecule has 1 fully saturated rings. The van der Waals surface area contributed by atoms with Crippen molar-refractivity contribution in [2.45, 2.75) is 44.0 Å². The van der Waals surface area contributed by atoms with Gasteiger partial charge < -0.3 is 5.32 Å². The van der Waals surface area contributed by atoms with Crippen molar-refractivity contribution >= 4 is 54.2 Å². The fourth-order valence-electron chi connectivity index (χ4n) is 3.77. The molecular weight excluding hydrogens is 448 g/mol. The van der Waals surface area contributed by atoms with E-state index in [1.54, 1.807) is 22.5 Å². The van der Waals surface area contributed by atoms with Crippen molar-refractivity contribution in [2.24, 2.45) is 0 Å². The van der Waals surface area contributed by atoms with Gasteiger partial charge >= 0.3 is 0 Å². The molecule has 1 saturated heterocycles. The third kappa shape index (κ3) is 4.67. The van der Waals surface area contributed by atoms with Crippen molar-refractivity contribution in [1.29, 1.82) is 0 Å². The highest BCUT2D eigenvalue weighted by molar-refractivity contribution is 7.89. The number of hydrogen-bond acceptors (Lipinski definition) is 6. The molecule has 2 heterocycles. The molecule has 1 atom stereocenters. The zero-order valence-corrected chi connectivity index (χ0v) is 19.4. The monoisotopic (exact) mass is 472 g/mol. The zero-order valence-electron chi connectivity index (χ0n) is 17.8. The smallest absolute Gasteiger partial charge is 0.257 e. The first-order chi connectivity index (χ1) is 15.2. The van der Waals surface area contributed by atoms with Gasteiger partial charge in [-0.05, 0) is 62.2 Å². The molecule has 0 aliphatic carbocycles. The van der Waals surface area contributed by atoms with Crippen LogP contribution in [0.1, 0.15) is 43.5 Å². The number of benzene rings is 2. The Bertz CT molecular complexity index is 1270. The van der Waals surface area contributed by atoms with Gasteiger partial charge in [-0.15, -0.1) is 0 Å². The Hall–Kier alpha value is -2.82. The van der Waals surface area contributed by atoms with E-state index in [2.05, 4.69) is 15.6 Å². The Labute approximate surface area is 190 Å². The van der Waals surface area contributed by atoms with E-state index in [4.69, 9.17) is 0 Å². The average molecular weight is 473 g/mol. The number of aromatic nitrogens is 1. The lowest BCUT2D eigenvalue weighted by Gasteiger charge is -2.32. The van der Waals surface area contributed by atoms with Crippen molar-refractivity contribution in [2.75, 3.05) is 17.2 Å². The molecule has 0 saturated carbocycles. The maximum Gasteiger partial charge on any atom is 0.257 e. The Morgan fingerprint density at radius 3 is 2.53 bits per heavy atom. The van der Waals surface area contributed by atoms with Gasteiger partial charge in [-0.3, -0.25) is 14.9 Å². The van der Waals surface area contributed by atoms with Crippen LogP contribution in [0.4, 0.5) is 10.8 Å². The number of rotatable bonds is 5. The highest BCUT2D eigenvalue weighted by Gasteiger charge is 2.30. The summed E-state index contributed by atoms with van der Waals surface area (Å²) in [6.45, 7) is 3.88. The second kappa shape index (κ2) is 8.97. The van der Waals surface area contributed by atoms with E-state index in [-0.39, 0.29) is 22.8 Å². The molecule has 1 aromatic heterocycles. The quantitative estimate of drug-likeness (QED) is 0.582. The first kappa shape index (κ1) is 22.4. The van der Waals surface area contributed by atoms with E-state index in [0.29, 0.717) is 28.4 Å². The highest BCUT2D eigenvalue weighted by Crippen LogP contribution is 2.29. The summed E-state index contributed by atoms with van der Waals surface area (Å²) in [5.74, 6) is -0.538. The summed E-state index contributed by atoms with van der Waals surface area (Å²) in [7, 11) is -3.58. The summed E-state index contributed by atoms with van der Waals surface area (Å²) in [4.78, 5) is 28.5. The molecule has 168 valence electrons. The lowest BCUT2D eigenvalue weighted by molar-refractivity contribution is -0.114. The van der Waals surface area contributed by atoms with Crippen molar-refractivity contribution in [3.05, 3.63) is 48.0 Å². The van der Waals surface area contributed by atoms with Crippen LogP contribution in [0.2, 0.25) is 0 Å². The molecule has 2 N–H and O–H groups in total. The van der Waals surface area contributed by atoms with Crippen LogP contribution in [0, 0.1) is 0 Å². The number of hydrogen-bond donors (Lipinski definition) is 2. The topological polar surface area (TPSA) is 108 Å². The van der Waals surface area contributed by atoms with Crippen molar-refractivity contribution in [1.82, 2.24) is 9.29 Å². The van der Waals surface area contributed by atoms with Crippen LogP contribution in [0.15, 0.2) is 47.4 Å². The van der Waals surface area contributed by atoms with E-state index in [0.717, 1.165) is 24.0 Å². The van der Waals surface area contributed by atoms with Crippen LogP contribution in [-0.2, 0) is 14.8 Å². The lowest BCUT2D eigenvalue weighted by atomic mass is 10.1. The number of amides is 2. The Kier molecular flexibility index (Phi) is 6.27. The number of sulfonamides is 1. The third-order valence-corrected chi connectivity index (χ3v) is 8.36. The van der Waals surface area contributed by atoms with E-state index < -0.39 is 10.0 Å². The molecule has 8 nitrogen and oxygen atoms in total. The molecule has 32 heavy (non-hydrogen) atoms. The van der Waals surface area contributed by atoms with Crippen molar-refractivity contribution in [3.8, 4) is 0 Å². The van der Waals surface area contributed by atoms with Gasteiger partial charge in [-0.2, -0.15) is 4.31 Å². The summed E-state index contributed by atoms with van der Waals surface area (Å²) >= 11 is 1.29. The summed E-state index contributed by atoms with van der Waals surface area (Å²) in [6, 6.07) is 11.3. The van der Waals surface area contributed by atoms with Crippen LogP contribution < -0.4 is 10.6 Å². The van der Waals surface area contributed by atoms with Crippen LogP contribution in [0.25, 0.3) is 10.2 Å². The molecule has 2 aromatic carbocycles. The second-order valence-corrected chi connectivity index (χ2v) is 10.7. The maximum atomic E-state index is 13.0. The average Bonchev–Trinajstić information content (AvgIpc) is 3.15.